The van der Waals surface area contributed by atoms with E-state index in [4.69, 9.17) is 25.6 Å². The summed E-state index contributed by atoms with van der Waals surface area (Å²) in [5.74, 6) is -0.381. The van der Waals surface area contributed by atoms with E-state index in [-0.39, 0.29) is 47.8 Å². The molecule has 2 fully saturated rings. The Morgan fingerprint density at radius 3 is 2.41 bits per heavy atom. The average Bonchev–Trinajstić information content (AvgIpc) is 2.98. The lowest BCUT2D eigenvalue weighted by Gasteiger charge is -2.38. The summed E-state index contributed by atoms with van der Waals surface area (Å²) in [6.45, 7) is -0.253. The number of rotatable bonds is 7. The molecule has 0 saturated carbocycles. The van der Waals surface area contributed by atoms with E-state index in [0.717, 1.165) is 12.8 Å². The normalized spacial score (nSPS) is 22.6. The SMILES string of the molecule is O=C(COc1ccc(Cl)cc1CS(=O)(=O)O)N1[C@@H]2CC[C@H]1CC(Oc1ccc(F)cc1)C2. The molecule has 0 radical (unpaired) electrons. The molecule has 2 aromatic rings. The Bertz CT molecular complexity index is 1080. The molecular weight excluding hydrogens is 461 g/mol. The minimum Gasteiger partial charge on any atom is -0.490 e. The number of carbonyl (C=O) groups is 1. The number of halogens is 2. The second kappa shape index (κ2) is 9.25. The second-order valence-corrected chi connectivity index (χ2v) is 10.0. The van der Waals surface area contributed by atoms with Gasteiger partial charge in [0, 0.05) is 35.5 Å². The standard InChI is InChI=1S/C22H23ClFNO6S/c23-15-1-8-21(14(9-15)13-32(27,28)29)30-12-22(26)25-17-4-5-18(25)11-20(10-17)31-19-6-2-16(24)3-7-19/h1-3,6-9,17-18,20H,4-5,10-13H2,(H,27,28,29)/t17-,18+,20?. The van der Waals surface area contributed by atoms with Crippen molar-refractivity contribution in [2.45, 2.75) is 49.6 Å². The summed E-state index contributed by atoms with van der Waals surface area (Å²) in [4.78, 5) is 14.8. The van der Waals surface area contributed by atoms with Gasteiger partial charge in [0.05, 0.1) is 0 Å². The van der Waals surface area contributed by atoms with E-state index in [1.54, 1.807) is 12.1 Å². The molecular formula is C22H23ClFNO6S. The third-order valence-electron chi connectivity index (χ3n) is 5.81. The largest absolute Gasteiger partial charge is 0.490 e. The van der Waals surface area contributed by atoms with Gasteiger partial charge in [0.1, 0.15) is 29.2 Å². The fraction of sp³-hybridized carbons (Fsp3) is 0.409. The molecule has 0 spiro atoms. The Labute approximate surface area is 190 Å². The van der Waals surface area contributed by atoms with Gasteiger partial charge in [0.2, 0.25) is 0 Å². The van der Waals surface area contributed by atoms with Crippen molar-refractivity contribution in [3.05, 3.63) is 58.9 Å². The Balaban J connectivity index is 1.38. The van der Waals surface area contributed by atoms with Crippen molar-refractivity contribution in [2.75, 3.05) is 6.61 Å². The van der Waals surface area contributed by atoms with Gasteiger partial charge in [0.15, 0.2) is 6.61 Å². The molecule has 32 heavy (non-hydrogen) atoms. The lowest BCUT2D eigenvalue weighted by molar-refractivity contribution is -0.139. The smallest absolute Gasteiger partial charge is 0.269 e. The molecule has 2 heterocycles. The number of carbonyl (C=O) groups excluding carboxylic acids is 1. The van der Waals surface area contributed by atoms with E-state index in [1.807, 2.05) is 4.90 Å². The fourth-order valence-corrected chi connectivity index (χ4v) is 5.36. The maximum absolute atomic E-state index is 13.1. The first kappa shape index (κ1) is 22.8. The molecule has 2 aliphatic heterocycles. The van der Waals surface area contributed by atoms with Gasteiger partial charge in [-0.15, -0.1) is 0 Å². The van der Waals surface area contributed by atoms with Crippen molar-refractivity contribution in [1.82, 2.24) is 4.90 Å². The van der Waals surface area contributed by atoms with E-state index in [1.165, 1.54) is 30.3 Å². The summed E-state index contributed by atoms with van der Waals surface area (Å²) in [6, 6.07) is 10.3. The Morgan fingerprint density at radius 1 is 1.12 bits per heavy atom. The van der Waals surface area contributed by atoms with Gasteiger partial charge in [-0.05, 0) is 55.3 Å². The van der Waals surface area contributed by atoms with Gasteiger partial charge < -0.3 is 14.4 Å². The van der Waals surface area contributed by atoms with Crippen LogP contribution in [0.15, 0.2) is 42.5 Å². The summed E-state index contributed by atoms with van der Waals surface area (Å²) in [5, 5.41) is 0.295. The van der Waals surface area contributed by atoms with Crippen LogP contribution in [0.2, 0.25) is 5.02 Å². The van der Waals surface area contributed by atoms with Crippen molar-refractivity contribution < 1.29 is 31.6 Å². The molecule has 0 aliphatic carbocycles. The van der Waals surface area contributed by atoms with Gasteiger partial charge in [0.25, 0.3) is 16.0 Å². The Morgan fingerprint density at radius 2 is 1.78 bits per heavy atom. The number of ether oxygens (including phenoxy) is 2. The number of nitrogens with zero attached hydrogens (tertiary/aromatic N) is 1. The van der Waals surface area contributed by atoms with Crippen LogP contribution in [-0.2, 0) is 20.7 Å². The van der Waals surface area contributed by atoms with Gasteiger partial charge in [-0.1, -0.05) is 11.6 Å². The molecule has 7 nitrogen and oxygen atoms in total. The number of hydrogen-bond acceptors (Lipinski definition) is 5. The molecule has 2 aliphatic rings. The van der Waals surface area contributed by atoms with Crippen LogP contribution in [-0.4, -0.2) is 48.6 Å². The first-order valence-electron chi connectivity index (χ1n) is 10.3. The molecule has 0 aromatic heterocycles. The van der Waals surface area contributed by atoms with Gasteiger partial charge in [-0.2, -0.15) is 8.42 Å². The van der Waals surface area contributed by atoms with E-state index in [0.29, 0.717) is 23.6 Å². The predicted octanol–water partition coefficient (Wildman–Crippen LogP) is 3.85. The van der Waals surface area contributed by atoms with Gasteiger partial charge in [-0.25, -0.2) is 4.39 Å². The van der Waals surface area contributed by atoms with E-state index in [9.17, 15) is 17.6 Å². The zero-order valence-electron chi connectivity index (χ0n) is 17.1. The molecule has 172 valence electrons. The number of fused-ring (bicyclic) bond motifs is 2. The zero-order chi connectivity index (χ0) is 22.9. The van der Waals surface area contributed by atoms with Crippen LogP contribution in [0.25, 0.3) is 0 Å². The van der Waals surface area contributed by atoms with Crippen molar-refractivity contribution in [2.24, 2.45) is 0 Å². The van der Waals surface area contributed by atoms with Crippen LogP contribution < -0.4 is 9.47 Å². The van der Waals surface area contributed by atoms with Crippen LogP contribution in [0.4, 0.5) is 4.39 Å². The first-order valence-corrected chi connectivity index (χ1v) is 12.3. The second-order valence-electron chi connectivity index (χ2n) is 8.12. The molecule has 10 heteroatoms. The van der Waals surface area contributed by atoms with Gasteiger partial charge in [-0.3, -0.25) is 9.35 Å². The average molecular weight is 484 g/mol. The zero-order valence-corrected chi connectivity index (χ0v) is 18.7. The van der Waals surface area contributed by atoms with Crippen LogP contribution in [0, 0.1) is 5.82 Å². The number of hydrogen-bond donors (Lipinski definition) is 1. The first-order chi connectivity index (χ1) is 15.2. The number of benzene rings is 2. The quantitative estimate of drug-likeness (QED) is 0.601. The van der Waals surface area contributed by atoms with Crippen LogP contribution >= 0.6 is 11.6 Å². The third-order valence-corrected chi connectivity index (χ3v) is 6.72. The molecule has 2 aromatic carbocycles. The highest BCUT2D eigenvalue weighted by Crippen LogP contribution is 2.37. The molecule has 1 amide bonds. The van der Waals surface area contributed by atoms with E-state index >= 15 is 0 Å². The minimum atomic E-state index is -4.29. The maximum atomic E-state index is 13.1. The van der Waals surface area contributed by atoms with Crippen molar-refractivity contribution in [3.8, 4) is 11.5 Å². The Kier molecular flexibility index (Phi) is 6.60. The molecule has 2 saturated heterocycles. The highest BCUT2D eigenvalue weighted by Gasteiger charge is 2.44. The summed E-state index contributed by atoms with van der Waals surface area (Å²) in [7, 11) is -4.29. The van der Waals surface area contributed by atoms with Gasteiger partial charge >= 0.3 is 0 Å². The molecule has 1 N–H and O–H groups in total. The topological polar surface area (TPSA) is 93.1 Å². The Hall–Kier alpha value is -2.36. The molecule has 4 rings (SSSR count). The number of piperidine rings is 1. The molecule has 2 bridgehead atoms. The van der Waals surface area contributed by atoms with E-state index in [2.05, 4.69) is 0 Å². The van der Waals surface area contributed by atoms with Crippen LogP contribution in [0.3, 0.4) is 0 Å². The predicted molar refractivity (Wildman–Crippen MR) is 116 cm³/mol. The van der Waals surface area contributed by atoms with Crippen LogP contribution in [0.1, 0.15) is 31.2 Å². The van der Waals surface area contributed by atoms with Crippen molar-refractivity contribution in [3.63, 3.8) is 0 Å². The van der Waals surface area contributed by atoms with Crippen LogP contribution in [0.5, 0.6) is 11.5 Å². The molecule has 1 unspecified atom stereocenters. The van der Waals surface area contributed by atoms with Crippen molar-refractivity contribution >= 4 is 27.6 Å². The molecule has 3 atom stereocenters. The highest BCUT2D eigenvalue weighted by atomic mass is 35.5. The maximum Gasteiger partial charge on any atom is 0.269 e. The lowest BCUT2D eigenvalue weighted by Crippen LogP contribution is -2.50. The number of amides is 1. The highest BCUT2D eigenvalue weighted by molar-refractivity contribution is 7.85. The monoisotopic (exact) mass is 483 g/mol. The summed E-state index contributed by atoms with van der Waals surface area (Å²) in [6.07, 6.45) is 3.03. The summed E-state index contributed by atoms with van der Waals surface area (Å²) in [5.41, 5.74) is 0.183. The lowest BCUT2D eigenvalue weighted by atomic mass is 9.99. The van der Waals surface area contributed by atoms with E-state index < -0.39 is 15.9 Å². The summed E-state index contributed by atoms with van der Waals surface area (Å²) < 4.78 is 56.4. The summed E-state index contributed by atoms with van der Waals surface area (Å²) >= 11 is 5.92. The minimum absolute atomic E-state index is 0.0257. The van der Waals surface area contributed by atoms with Crippen molar-refractivity contribution in [1.29, 1.82) is 0 Å². The fourth-order valence-electron chi connectivity index (χ4n) is 4.55. The third kappa shape index (κ3) is 5.51.